The monoisotopic (exact) mass is 246 g/mol. The molecule has 2 heterocycles. The zero-order valence-corrected chi connectivity index (χ0v) is 7.06. The Hall–Kier alpha value is -0.720. The van der Waals surface area contributed by atoms with Crippen LogP contribution in [0.15, 0.2) is 18.6 Å². The van der Waals surface area contributed by atoms with Crippen molar-refractivity contribution in [3.05, 3.63) is 22.3 Å². The number of halogens is 1. The van der Waals surface area contributed by atoms with Crippen LogP contribution in [0.4, 0.5) is 0 Å². The Labute approximate surface area is 70.4 Å². The van der Waals surface area contributed by atoms with E-state index < -0.39 is 0 Å². The number of hydrogen-bond donors (Lipinski definition) is 0. The van der Waals surface area contributed by atoms with Gasteiger partial charge in [0, 0.05) is 6.20 Å². The molecule has 2 aromatic heterocycles. The van der Waals surface area contributed by atoms with Crippen molar-refractivity contribution in [2.24, 2.45) is 0 Å². The molecule has 0 aliphatic rings. The van der Waals surface area contributed by atoms with Crippen LogP contribution in [0, 0.1) is 3.70 Å². The minimum absolute atomic E-state index is 0.645. The van der Waals surface area contributed by atoms with Crippen LogP contribution >= 0.6 is 22.6 Å². The van der Waals surface area contributed by atoms with Gasteiger partial charge in [0.15, 0.2) is 0 Å². The quantitative estimate of drug-likeness (QED) is 0.508. The van der Waals surface area contributed by atoms with Crippen LogP contribution in [0.2, 0.25) is 0 Å². The van der Waals surface area contributed by atoms with Gasteiger partial charge >= 0.3 is 0 Å². The van der Waals surface area contributed by atoms with E-state index in [2.05, 4.69) is 37.7 Å². The van der Waals surface area contributed by atoms with Crippen molar-refractivity contribution in [3.8, 4) is 0 Å². The fraction of sp³-hybridized carbons (Fsp3) is 0. The maximum atomic E-state index is 3.99. The molecule has 0 aromatic carbocycles. The lowest BCUT2D eigenvalue weighted by atomic mass is 10.7. The number of nitrogens with zero attached hydrogens (tertiary/aromatic N) is 4. The summed E-state index contributed by atoms with van der Waals surface area (Å²) in [7, 11) is 0. The van der Waals surface area contributed by atoms with Crippen molar-refractivity contribution in [3.63, 3.8) is 0 Å². The second kappa shape index (κ2) is 2.15. The second-order valence-electron chi connectivity index (χ2n) is 1.74. The minimum atomic E-state index is 0.645. The molecule has 0 N–H and O–H groups in total. The highest BCUT2D eigenvalue weighted by Crippen LogP contribution is 2.02. The first-order valence-corrected chi connectivity index (χ1v) is 3.76. The zero-order valence-electron chi connectivity index (χ0n) is 4.90. The number of aromatic nitrogens is 4. The van der Waals surface area contributed by atoms with Crippen molar-refractivity contribution < 1.29 is 0 Å². The second-order valence-corrected chi connectivity index (χ2v) is 2.84. The number of hydrogen-bond acceptors (Lipinski definition) is 3. The largest absolute Gasteiger partial charge is 0.253 e. The number of rotatable bonds is 0. The summed E-state index contributed by atoms with van der Waals surface area (Å²) >= 11 is 2.18. The van der Waals surface area contributed by atoms with Crippen LogP contribution in [0.3, 0.4) is 0 Å². The molecule has 2 aromatic rings. The Balaban J connectivity index is 2.95. The van der Waals surface area contributed by atoms with Crippen LogP contribution in [0.5, 0.6) is 0 Å². The molecule has 0 unspecified atom stereocenters. The molecule has 50 valence electrons. The summed E-state index contributed by atoms with van der Waals surface area (Å²) in [6.07, 6.45) is 3.20. The van der Waals surface area contributed by atoms with Crippen LogP contribution in [-0.2, 0) is 0 Å². The Morgan fingerprint density at radius 1 is 1.40 bits per heavy atom. The first-order chi connectivity index (χ1) is 4.88. The molecular weight excluding hydrogens is 243 g/mol. The first kappa shape index (κ1) is 6.02. The van der Waals surface area contributed by atoms with E-state index in [1.165, 1.54) is 6.33 Å². The smallest absolute Gasteiger partial charge is 0.220 e. The van der Waals surface area contributed by atoms with E-state index >= 15 is 0 Å². The summed E-state index contributed by atoms with van der Waals surface area (Å²) < 4.78 is 2.70. The molecule has 0 fully saturated rings. The van der Waals surface area contributed by atoms with E-state index in [9.17, 15) is 0 Å². The molecule has 0 saturated heterocycles. The van der Waals surface area contributed by atoms with E-state index in [-0.39, 0.29) is 0 Å². The average molecular weight is 246 g/mol. The minimum Gasteiger partial charge on any atom is -0.220 e. The Kier molecular flexibility index (Phi) is 1.30. The van der Waals surface area contributed by atoms with E-state index in [1.807, 2.05) is 6.07 Å². The van der Waals surface area contributed by atoms with Gasteiger partial charge in [-0.05, 0) is 28.7 Å². The van der Waals surface area contributed by atoms with Crippen LogP contribution in [0.25, 0.3) is 5.78 Å². The van der Waals surface area contributed by atoms with Gasteiger partial charge in [-0.3, -0.25) is 0 Å². The maximum absolute atomic E-state index is 3.99. The summed E-state index contributed by atoms with van der Waals surface area (Å²) in [5.74, 6) is 0.645. The summed E-state index contributed by atoms with van der Waals surface area (Å²) in [6, 6.07) is 1.88. The highest BCUT2D eigenvalue weighted by Gasteiger charge is 1.96. The molecule has 0 atom stereocenters. The topological polar surface area (TPSA) is 43.1 Å². The summed E-state index contributed by atoms with van der Waals surface area (Å²) in [4.78, 5) is 7.90. The standard InChI is InChI=1S/C5H3IN4/c6-4-1-2-7-5-8-3-9-10(4)5/h1-3H. The molecule has 5 heteroatoms. The van der Waals surface area contributed by atoms with E-state index in [0.29, 0.717) is 5.78 Å². The number of fused-ring (bicyclic) bond motifs is 1. The lowest BCUT2D eigenvalue weighted by Gasteiger charge is -1.90. The van der Waals surface area contributed by atoms with Gasteiger partial charge in [0.1, 0.15) is 10.0 Å². The third-order valence-corrected chi connectivity index (χ3v) is 1.95. The van der Waals surface area contributed by atoms with Crippen molar-refractivity contribution in [2.45, 2.75) is 0 Å². The first-order valence-electron chi connectivity index (χ1n) is 2.68. The highest BCUT2D eigenvalue weighted by atomic mass is 127. The fourth-order valence-electron chi connectivity index (χ4n) is 0.710. The summed E-state index contributed by atoms with van der Waals surface area (Å²) in [5.41, 5.74) is 0. The van der Waals surface area contributed by atoms with Crippen LogP contribution in [0.1, 0.15) is 0 Å². The molecule has 0 aliphatic heterocycles. The van der Waals surface area contributed by atoms with Crippen LogP contribution < -0.4 is 0 Å². The predicted molar refractivity (Wildman–Crippen MR) is 43.5 cm³/mol. The van der Waals surface area contributed by atoms with Gasteiger partial charge in [0.25, 0.3) is 5.78 Å². The third-order valence-electron chi connectivity index (χ3n) is 1.13. The van der Waals surface area contributed by atoms with Crippen molar-refractivity contribution >= 4 is 28.4 Å². The Morgan fingerprint density at radius 3 is 3.10 bits per heavy atom. The maximum Gasteiger partial charge on any atom is 0.253 e. The van der Waals surface area contributed by atoms with Gasteiger partial charge < -0.3 is 0 Å². The van der Waals surface area contributed by atoms with Gasteiger partial charge in [-0.15, -0.1) is 0 Å². The Morgan fingerprint density at radius 2 is 2.30 bits per heavy atom. The van der Waals surface area contributed by atoms with Gasteiger partial charge in [-0.1, -0.05) is 0 Å². The molecule has 0 bridgehead atoms. The van der Waals surface area contributed by atoms with E-state index in [1.54, 1.807) is 10.7 Å². The molecule has 0 spiro atoms. The Bertz CT molecular complexity index is 355. The average Bonchev–Trinajstić information content (AvgIpc) is 2.36. The molecular formula is C5H3IN4. The van der Waals surface area contributed by atoms with Gasteiger partial charge in [0.2, 0.25) is 0 Å². The van der Waals surface area contributed by atoms with Crippen molar-refractivity contribution in [1.29, 1.82) is 0 Å². The molecule has 10 heavy (non-hydrogen) atoms. The lowest BCUT2D eigenvalue weighted by molar-refractivity contribution is 0.911. The normalized spacial score (nSPS) is 10.5. The summed E-state index contributed by atoms with van der Waals surface area (Å²) in [5, 5.41) is 3.95. The molecule has 0 saturated carbocycles. The summed E-state index contributed by atoms with van der Waals surface area (Å²) in [6.45, 7) is 0. The molecule has 0 aliphatic carbocycles. The molecule has 0 radical (unpaired) electrons. The zero-order chi connectivity index (χ0) is 6.97. The van der Waals surface area contributed by atoms with E-state index in [0.717, 1.165) is 3.70 Å². The third kappa shape index (κ3) is 0.772. The predicted octanol–water partition coefficient (Wildman–Crippen LogP) is 0.729. The van der Waals surface area contributed by atoms with Crippen LogP contribution in [-0.4, -0.2) is 19.6 Å². The van der Waals surface area contributed by atoms with Crippen molar-refractivity contribution in [2.75, 3.05) is 0 Å². The van der Waals surface area contributed by atoms with E-state index in [4.69, 9.17) is 0 Å². The molecule has 0 amide bonds. The van der Waals surface area contributed by atoms with Gasteiger partial charge in [-0.2, -0.15) is 14.6 Å². The molecule has 2 rings (SSSR count). The highest BCUT2D eigenvalue weighted by molar-refractivity contribution is 14.1. The van der Waals surface area contributed by atoms with Gasteiger partial charge in [0.05, 0.1) is 0 Å². The van der Waals surface area contributed by atoms with Gasteiger partial charge in [-0.25, -0.2) is 4.98 Å². The molecule has 4 nitrogen and oxygen atoms in total. The lowest BCUT2D eigenvalue weighted by Crippen LogP contribution is -1.93. The van der Waals surface area contributed by atoms with Crippen molar-refractivity contribution in [1.82, 2.24) is 19.6 Å². The SMILES string of the molecule is Ic1ccnc2ncnn12. The fourth-order valence-corrected chi connectivity index (χ4v) is 1.21.